The van der Waals surface area contributed by atoms with Gasteiger partial charge in [-0.2, -0.15) is 0 Å². The summed E-state index contributed by atoms with van der Waals surface area (Å²) in [4.78, 5) is 14.7. The van der Waals surface area contributed by atoms with E-state index in [4.69, 9.17) is 0 Å². The van der Waals surface area contributed by atoms with Crippen LogP contribution in [0.3, 0.4) is 0 Å². The van der Waals surface area contributed by atoms with Gasteiger partial charge in [-0.25, -0.2) is 5.43 Å². The number of carbonyl (C=O) groups is 1. The Labute approximate surface area is 123 Å². The highest BCUT2D eigenvalue weighted by molar-refractivity contribution is 5.97. The third-order valence-electron chi connectivity index (χ3n) is 3.75. The van der Waals surface area contributed by atoms with Gasteiger partial charge in [0, 0.05) is 19.2 Å². The van der Waals surface area contributed by atoms with Crippen molar-refractivity contribution in [3.05, 3.63) is 23.3 Å². The number of nitrogens with one attached hydrogen (secondary N) is 1. The number of nitrogens with zero attached hydrogens (tertiary/aromatic N) is 2. The summed E-state index contributed by atoms with van der Waals surface area (Å²) in [6.07, 6.45) is 7.49. The van der Waals surface area contributed by atoms with Crippen LogP contribution in [0.2, 0.25) is 0 Å². The third kappa shape index (κ3) is 4.46. The Morgan fingerprint density at radius 1 is 1.35 bits per heavy atom. The van der Waals surface area contributed by atoms with Gasteiger partial charge in [0.05, 0.1) is 6.54 Å². The number of likely N-dealkylation sites (tertiary alicyclic amines) is 1. The van der Waals surface area contributed by atoms with Gasteiger partial charge in [0.1, 0.15) is 0 Å². The number of hydrogen-bond acceptors (Lipinski definition) is 3. The van der Waals surface area contributed by atoms with Gasteiger partial charge in [0.2, 0.25) is 0 Å². The second kappa shape index (κ2) is 8.93. The molecular formula is C16H29N3O. The molecule has 0 radical (unpaired) electrons. The molecule has 0 unspecified atom stereocenters. The molecule has 0 spiro atoms. The Morgan fingerprint density at radius 2 is 2.00 bits per heavy atom. The molecule has 1 aliphatic carbocycles. The second-order valence-electron chi connectivity index (χ2n) is 5.03. The van der Waals surface area contributed by atoms with Crippen molar-refractivity contribution in [3.63, 3.8) is 0 Å². The minimum Gasteiger partial charge on any atom is -0.302 e. The summed E-state index contributed by atoms with van der Waals surface area (Å²) >= 11 is 0. The Hall–Kier alpha value is -1.13. The first kappa shape index (κ1) is 16.9. The summed E-state index contributed by atoms with van der Waals surface area (Å²) in [5.41, 5.74) is 5.03. The normalized spacial score (nSPS) is 18.2. The van der Waals surface area contributed by atoms with Crippen LogP contribution in [0.1, 0.15) is 40.0 Å². The molecule has 2 rings (SSSR count). The molecule has 1 amide bonds. The number of rotatable bonds is 5. The Balaban J connectivity index is 0.000000956. The minimum absolute atomic E-state index is 0.1000. The predicted molar refractivity (Wildman–Crippen MR) is 84.3 cm³/mol. The monoisotopic (exact) mass is 279 g/mol. The van der Waals surface area contributed by atoms with Crippen molar-refractivity contribution < 1.29 is 4.79 Å². The van der Waals surface area contributed by atoms with Crippen LogP contribution in [0.5, 0.6) is 0 Å². The zero-order valence-corrected chi connectivity index (χ0v) is 13.4. The first-order chi connectivity index (χ1) is 9.72. The summed E-state index contributed by atoms with van der Waals surface area (Å²) in [7, 11) is 1.82. The number of amides is 1. The van der Waals surface area contributed by atoms with E-state index < -0.39 is 0 Å². The van der Waals surface area contributed by atoms with Crippen molar-refractivity contribution in [2.45, 2.75) is 40.0 Å². The van der Waals surface area contributed by atoms with E-state index in [1.54, 1.807) is 5.01 Å². The van der Waals surface area contributed by atoms with Gasteiger partial charge in [-0.15, -0.1) is 0 Å². The van der Waals surface area contributed by atoms with Crippen molar-refractivity contribution in [1.82, 2.24) is 15.3 Å². The smallest absolute Gasteiger partial charge is 0.267 e. The van der Waals surface area contributed by atoms with Gasteiger partial charge in [-0.1, -0.05) is 31.6 Å². The Bertz CT molecular complexity index is 368. The SMILES string of the molecule is CC.CNN(CCN1CCCC1)C(=O)C1=C(C)CC=C1. The van der Waals surface area contributed by atoms with Crippen molar-refractivity contribution in [3.8, 4) is 0 Å². The van der Waals surface area contributed by atoms with Crippen LogP contribution in [0.4, 0.5) is 0 Å². The molecule has 4 nitrogen and oxygen atoms in total. The molecule has 20 heavy (non-hydrogen) atoms. The molecule has 1 saturated heterocycles. The van der Waals surface area contributed by atoms with Gasteiger partial charge < -0.3 is 4.90 Å². The fraction of sp³-hybridized carbons (Fsp3) is 0.688. The van der Waals surface area contributed by atoms with Crippen LogP contribution in [-0.4, -0.2) is 49.0 Å². The summed E-state index contributed by atoms with van der Waals surface area (Å²) in [6, 6.07) is 0. The van der Waals surface area contributed by atoms with E-state index >= 15 is 0 Å². The van der Waals surface area contributed by atoms with E-state index in [9.17, 15) is 4.79 Å². The summed E-state index contributed by atoms with van der Waals surface area (Å²) in [5.74, 6) is 0.1000. The van der Waals surface area contributed by atoms with Crippen molar-refractivity contribution in [2.24, 2.45) is 0 Å². The van der Waals surface area contributed by atoms with E-state index in [1.165, 1.54) is 31.5 Å². The molecular weight excluding hydrogens is 250 g/mol. The fourth-order valence-corrected chi connectivity index (χ4v) is 2.57. The van der Waals surface area contributed by atoms with Gasteiger partial charge >= 0.3 is 0 Å². The van der Waals surface area contributed by atoms with Crippen molar-refractivity contribution in [2.75, 3.05) is 33.2 Å². The average molecular weight is 279 g/mol. The average Bonchev–Trinajstić information content (AvgIpc) is 3.13. The molecule has 1 aliphatic heterocycles. The zero-order valence-electron chi connectivity index (χ0n) is 13.4. The van der Waals surface area contributed by atoms with Crippen LogP contribution in [0.15, 0.2) is 23.3 Å². The van der Waals surface area contributed by atoms with Crippen molar-refractivity contribution >= 4 is 5.91 Å². The Kier molecular flexibility index (Phi) is 7.55. The van der Waals surface area contributed by atoms with Gasteiger partial charge in [0.25, 0.3) is 5.91 Å². The molecule has 1 fully saturated rings. The lowest BCUT2D eigenvalue weighted by atomic mass is 10.1. The van der Waals surface area contributed by atoms with E-state index in [1.807, 2.05) is 33.9 Å². The highest BCUT2D eigenvalue weighted by Crippen LogP contribution is 2.19. The summed E-state index contributed by atoms with van der Waals surface area (Å²) in [5, 5.41) is 1.73. The number of allylic oxidation sites excluding steroid dienone is 2. The molecule has 114 valence electrons. The Morgan fingerprint density at radius 3 is 2.50 bits per heavy atom. The van der Waals surface area contributed by atoms with Gasteiger partial charge in [-0.05, 0) is 39.3 Å². The van der Waals surface area contributed by atoms with Crippen LogP contribution in [0, 0.1) is 0 Å². The van der Waals surface area contributed by atoms with Gasteiger partial charge in [-0.3, -0.25) is 9.80 Å². The molecule has 1 N–H and O–H groups in total. The molecule has 2 aliphatic rings. The largest absolute Gasteiger partial charge is 0.302 e. The maximum atomic E-state index is 12.3. The summed E-state index contributed by atoms with van der Waals surface area (Å²) < 4.78 is 0. The first-order valence-electron chi connectivity index (χ1n) is 7.80. The number of carbonyl (C=O) groups excluding carboxylic acids is 1. The van der Waals surface area contributed by atoms with Crippen LogP contribution >= 0.6 is 0 Å². The van der Waals surface area contributed by atoms with Gasteiger partial charge in [0.15, 0.2) is 0 Å². The topological polar surface area (TPSA) is 35.6 Å². The zero-order chi connectivity index (χ0) is 15.0. The minimum atomic E-state index is 0.1000. The third-order valence-corrected chi connectivity index (χ3v) is 3.75. The maximum Gasteiger partial charge on any atom is 0.267 e. The molecule has 0 aromatic heterocycles. The number of hydrazine groups is 1. The summed E-state index contributed by atoms with van der Waals surface area (Å²) in [6.45, 7) is 10.1. The van der Waals surface area contributed by atoms with Crippen LogP contribution in [0.25, 0.3) is 0 Å². The fourth-order valence-electron chi connectivity index (χ4n) is 2.57. The van der Waals surface area contributed by atoms with E-state index in [0.717, 1.165) is 25.1 Å². The van der Waals surface area contributed by atoms with E-state index in [2.05, 4.69) is 16.4 Å². The molecule has 0 atom stereocenters. The van der Waals surface area contributed by atoms with Crippen LogP contribution in [-0.2, 0) is 4.79 Å². The highest BCUT2D eigenvalue weighted by atomic mass is 16.2. The quantitative estimate of drug-likeness (QED) is 0.785. The molecule has 1 heterocycles. The predicted octanol–water partition coefficient (Wildman–Crippen LogP) is 2.35. The molecule has 0 aromatic carbocycles. The molecule has 4 heteroatoms. The second-order valence-corrected chi connectivity index (χ2v) is 5.03. The lowest BCUT2D eigenvalue weighted by Gasteiger charge is -2.24. The molecule has 0 aromatic rings. The lowest BCUT2D eigenvalue weighted by Crippen LogP contribution is -2.45. The van der Waals surface area contributed by atoms with Crippen LogP contribution < -0.4 is 5.43 Å². The van der Waals surface area contributed by atoms with E-state index in [-0.39, 0.29) is 5.91 Å². The van der Waals surface area contributed by atoms with E-state index in [0.29, 0.717) is 0 Å². The maximum absolute atomic E-state index is 12.3. The molecule has 0 saturated carbocycles. The first-order valence-corrected chi connectivity index (χ1v) is 7.80. The highest BCUT2D eigenvalue weighted by Gasteiger charge is 2.20. The standard InChI is InChI=1S/C14H23N3O.C2H6/c1-12-6-5-7-13(12)14(18)17(15-2)11-10-16-8-3-4-9-16;1-2/h5,7,15H,3-4,6,8-11H2,1-2H3;1-2H3. The lowest BCUT2D eigenvalue weighted by molar-refractivity contribution is -0.129. The molecule has 0 bridgehead atoms. The van der Waals surface area contributed by atoms with Crippen molar-refractivity contribution in [1.29, 1.82) is 0 Å². The number of hydrogen-bond donors (Lipinski definition) is 1.